The summed E-state index contributed by atoms with van der Waals surface area (Å²) < 4.78 is 0. The van der Waals surface area contributed by atoms with Gasteiger partial charge in [0.05, 0.1) is 0 Å². The Balaban J connectivity index is 2.52. The van der Waals surface area contributed by atoms with Gasteiger partial charge in [-0.15, -0.1) is 0 Å². The molecule has 0 saturated heterocycles. The zero-order valence-electron chi connectivity index (χ0n) is 12.9. The summed E-state index contributed by atoms with van der Waals surface area (Å²) >= 11 is 0. The maximum atomic E-state index is 11.2. The zero-order chi connectivity index (χ0) is 15.1. The van der Waals surface area contributed by atoms with Crippen molar-refractivity contribution in [2.24, 2.45) is 11.8 Å². The predicted molar refractivity (Wildman–Crippen MR) is 78.5 cm³/mol. The number of nitrogens with zero attached hydrogens (tertiary/aromatic N) is 1. The van der Waals surface area contributed by atoms with Gasteiger partial charge in [0.25, 0.3) is 0 Å². The van der Waals surface area contributed by atoms with Gasteiger partial charge in [-0.2, -0.15) is 0 Å². The van der Waals surface area contributed by atoms with Crippen LogP contribution >= 0.6 is 0 Å². The van der Waals surface area contributed by atoms with Gasteiger partial charge in [0.1, 0.15) is 6.04 Å². The summed E-state index contributed by atoms with van der Waals surface area (Å²) in [6, 6.07) is -0.499. The fourth-order valence-corrected chi connectivity index (χ4v) is 3.03. The molecule has 3 unspecified atom stereocenters. The molecular weight excluding hydrogens is 256 g/mol. The summed E-state index contributed by atoms with van der Waals surface area (Å²) in [5.41, 5.74) is 0. The lowest BCUT2D eigenvalue weighted by Crippen LogP contribution is -2.46. The van der Waals surface area contributed by atoms with E-state index in [1.54, 1.807) is 6.92 Å². The summed E-state index contributed by atoms with van der Waals surface area (Å²) in [6.07, 6.45) is 4.90. The molecule has 20 heavy (non-hydrogen) atoms. The van der Waals surface area contributed by atoms with Crippen LogP contribution in [-0.4, -0.2) is 47.6 Å². The highest BCUT2D eigenvalue weighted by Gasteiger charge is 2.26. The molecule has 0 radical (unpaired) electrons. The van der Waals surface area contributed by atoms with E-state index in [-0.39, 0.29) is 5.91 Å². The lowest BCUT2D eigenvalue weighted by molar-refractivity contribution is -0.142. The van der Waals surface area contributed by atoms with Crippen molar-refractivity contribution in [3.05, 3.63) is 0 Å². The molecule has 0 aromatic rings. The molecule has 1 aliphatic rings. The Morgan fingerprint density at radius 3 is 2.65 bits per heavy atom. The quantitative estimate of drug-likeness (QED) is 0.747. The van der Waals surface area contributed by atoms with Crippen LogP contribution in [0.15, 0.2) is 0 Å². The zero-order valence-corrected chi connectivity index (χ0v) is 12.9. The lowest BCUT2D eigenvalue weighted by atomic mass is 9.82. The van der Waals surface area contributed by atoms with Gasteiger partial charge in [0, 0.05) is 26.6 Å². The van der Waals surface area contributed by atoms with E-state index in [1.807, 2.05) is 4.90 Å². The van der Waals surface area contributed by atoms with Crippen LogP contribution in [0.3, 0.4) is 0 Å². The van der Waals surface area contributed by atoms with E-state index < -0.39 is 12.0 Å². The van der Waals surface area contributed by atoms with Gasteiger partial charge in [0.2, 0.25) is 5.91 Å². The molecule has 1 rings (SSSR count). The molecule has 0 aromatic carbocycles. The van der Waals surface area contributed by atoms with Crippen LogP contribution in [0.25, 0.3) is 0 Å². The first-order chi connectivity index (χ1) is 9.40. The van der Waals surface area contributed by atoms with Gasteiger partial charge in [0.15, 0.2) is 0 Å². The summed E-state index contributed by atoms with van der Waals surface area (Å²) in [7, 11) is 0. The van der Waals surface area contributed by atoms with E-state index in [0.717, 1.165) is 12.5 Å². The van der Waals surface area contributed by atoms with Crippen molar-refractivity contribution >= 4 is 11.9 Å². The molecule has 0 aromatic heterocycles. The van der Waals surface area contributed by atoms with E-state index >= 15 is 0 Å². The molecule has 0 bridgehead atoms. The number of nitrogens with one attached hydrogen (secondary N) is 1. The van der Waals surface area contributed by atoms with Gasteiger partial charge in [-0.25, -0.2) is 0 Å². The molecule has 116 valence electrons. The maximum Gasteiger partial charge on any atom is 0.320 e. The molecule has 0 spiro atoms. The second kappa shape index (κ2) is 8.25. The van der Waals surface area contributed by atoms with Gasteiger partial charge >= 0.3 is 5.97 Å². The van der Waals surface area contributed by atoms with Crippen LogP contribution in [0, 0.1) is 11.8 Å². The van der Waals surface area contributed by atoms with Crippen molar-refractivity contribution in [3.63, 3.8) is 0 Å². The largest absolute Gasteiger partial charge is 0.480 e. The summed E-state index contributed by atoms with van der Waals surface area (Å²) in [6.45, 7) is 7.40. The fraction of sp³-hybridized carbons (Fsp3) is 0.867. The average molecular weight is 284 g/mol. The van der Waals surface area contributed by atoms with Crippen LogP contribution < -0.4 is 5.32 Å². The number of carbonyl (C=O) groups is 2. The first-order valence-electron chi connectivity index (χ1n) is 7.61. The predicted octanol–water partition coefficient (Wildman–Crippen LogP) is 1.72. The van der Waals surface area contributed by atoms with Crippen LogP contribution in [0.1, 0.15) is 46.5 Å². The van der Waals surface area contributed by atoms with E-state index in [4.69, 9.17) is 0 Å². The van der Waals surface area contributed by atoms with Crippen LogP contribution in [0.5, 0.6) is 0 Å². The molecule has 0 aliphatic heterocycles. The minimum atomic E-state index is -0.795. The number of carboxylic acid groups (broad SMARTS) is 1. The molecule has 2 N–H and O–H groups in total. The highest BCUT2D eigenvalue weighted by molar-refractivity contribution is 5.73. The van der Waals surface area contributed by atoms with Crippen molar-refractivity contribution in [1.82, 2.24) is 10.2 Å². The third-order valence-corrected chi connectivity index (χ3v) is 4.22. The Morgan fingerprint density at radius 1 is 1.40 bits per heavy atom. The van der Waals surface area contributed by atoms with Crippen LogP contribution in [0.2, 0.25) is 0 Å². The van der Waals surface area contributed by atoms with Gasteiger partial charge in [-0.1, -0.05) is 19.8 Å². The van der Waals surface area contributed by atoms with E-state index in [0.29, 0.717) is 19.0 Å². The first kappa shape index (κ1) is 17.0. The average Bonchev–Trinajstić information content (AvgIpc) is 2.36. The molecule has 0 heterocycles. The number of rotatable bonds is 7. The minimum Gasteiger partial charge on any atom is -0.480 e. The minimum absolute atomic E-state index is 0.0702. The number of amides is 1. The normalized spacial score (nSPS) is 24.4. The molecular formula is C15H28N2O3. The van der Waals surface area contributed by atoms with Gasteiger partial charge in [-0.05, 0) is 31.6 Å². The molecule has 1 saturated carbocycles. The number of hydrogen-bond donors (Lipinski definition) is 2. The van der Waals surface area contributed by atoms with Crippen molar-refractivity contribution in [2.75, 3.05) is 19.6 Å². The third-order valence-electron chi connectivity index (χ3n) is 4.22. The van der Waals surface area contributed by atoms with Crippen molar-refractivity contribution in [3.8, 4) is 0 Å². The molecule has 5 heteroatoms. The Bertz CT molecular complexity index is 333. The Morgan fingerprint density at radius 2 is 2.10 bits per heavy atom. The van der Waals surface area contributed by atoms with Crippen molar-refractivity contribution < 1.29 is 14.7 Å². The van der Waals surface area contributed by atoms with E-state index in [9.17, 15) is 14.7 Å². The smallest absolute Gasteiger partial charge is 0.320 e. The number of hydrogen-bond acceptors (Lipinski definition) is 3. The maximum absolute atomic E-state index is 11.2. The summed E-state index contributed by atoms with van der Waals surface area (Å²) in [4.78, 5) is 24.1. The standard InChI is InChI=1S/C15H28N2O3/c1-11-5-4-6-14(9-11)10-17(12(2)15(19)20)8-7-16-13(3)18/h11-12,14H,4-10H2,1-3H3,(H,16,18)(H,19,20). The SMILES string of the molecule is CC(=O)NCCN(CC1CCCC(C)C1)C(C)C(=O)O. The molecule has 3 atom stereocenters. The summed E-state index contributed by atoms with van der Waals surface area (Å²) in [5, 5.41) is 12.0. The second-order valence-electron chi connectivity index (χ2n) is 6.13. The number of carboxylic acids is 1. The third kappa shape index (κ3) is 5.90. The van der Waals surface area contributed by atoms with Crippen molar-refractivity contribution in [2.45, 2.75) is 52.5 Å². The summed E-state index contributed by atoms with van der Waals surface area (Å²) in [5.74, 6) is 0.458. The Hall–Kier alpha value is -1.10. The molecule has 1 aliphatic carbocycles. The monoisotopic (exact) mass is 284 g/mol. The Labute approximate surface area is 121 Å². The van der Waals surface area contributed by atoms with E-state index in [1.165, 1.54) is 32.6 Å². The highest BCUT2D eigenvalue weighted by atomic mass is 16.4. The van der Waals surface area contributed by atoms with E-state index in [2.05, 4.69) is 12.2 Å². The number of carbonyl (C=O) groups excluding carboxylic acids is 1. The fourth-order valence-electron chi connectivity index (χ4n) is 3.03. The number of aliphatic carboxylic acids is 1. The molecule has 1 fully saturated rings. The topological polar surface area (TPSA) is 69.6 Å². The second-order valence-corrected chi connectivity index (χ2v) is 6.13. The molecule has 5 nitrogen and oxygen atoms in total. The molecule has 1 amide bonds. The first-order valence-corrected chi connectivity index (χ1v) is 7.61. The van der Waals surface area contributed by atoms with Crippen molar-refractivity contribution in [1.29, 1.82) is 0 Å². The Kier molecular flexibility index (Phi) is 6.99. The van der Waals surface area contributed by atoms with Crippen LogP contribution in [-0.2, 0) is 9.59 Å². The lowest BCUT2D eigenvalue weighted by Gasteiger charge is -2.34. The van der Waals surface area contributed by atoms with Gasteiger partial charge < -0.3 is 10.4 Å². The highest BCUT2D eigenvalue weighted by Crippen LogP contribution is 2.29. The van der Waals surface area contributed by atoms with Crippen LogP contribution in [0.4, 0.5) is 0 Å². The van der Waals surface area contributed by atoms with Gasteiger partial charge in [-0.3, -0.25) is 14.5 Å².